The molecule has 1 aromatic carbocycles. The molecular formula is C11H10BrF3O2. The fraction of sp³-hybridized carbons (Fsp3) is 0.455. The maximum atomic E-state index is 12.6. The van der Waals surface area contributed by atoms with Crippen LogP contribution >= 0.6 is 15.9 Å². The molecule has 1 N–H and O–H groups in total. The van der Waals surface area contributed by atoms with Crippen LogP contribution in [0.3, 0.4) is 0 Å². The smallest absolute Gasteiger partial charge is 0.416 e. The zero-order chi connectivity index (χ0) is 12.8. The lowest BCUT2D eigenvalue weighted by Gasteiger charge is -2.18. The molecule has 2 rings (SSSR count). The molecule has 1 fully saturated rings. The van der Waals surface area contributed by atoms with Gasteiger partial charge in [0, 0.05) is 5.56 Å². The van der Waals surface area contributed by atoms with Crippen LogP contribution in [0.25, 0.3) is 0 Å². The van der Waals surface area contributed by atoms with Crippen LogP contribution in [0.4, 0.5) is 13.2 Å². The molecule has 0 unspecified atom stereocenters. The Hall–Kier alpha value is -0.750. The molecule has 0 aliphatic heterocycles. The largest absolute Gasteiger partial charge is 0.495 e. The topological polar surface area (TPSA) is 29.5 Å². The van der Waals surface area contributed by atoms with Gasteiger partial charge in [0.25, 0.3) is 0 Å². The number of hydrogen-bond acceptors (Lipinski definition) is 2. The average molecular weight is 311 g/mol. The molecule has 0 atom stereocenters. The minimum absolute atomic E-state index is 0.196. The first kappa shape index (κ1) is 12.7. The average Bonchev–Trinajstić information content (AvgIpc) is 2.95. The van der Waals surface area contributed by atoms with Crippen LogP contribution in [-0.4, -0.2) is 12.2 Å². The van der Waals surface area contributed by atoms with Crippen LogP contribution in [-0.2, 0) is 11.8 Å². The standard InChI is InChI=1S/C11H10BrF3O2/c1-17-9-7(10(16)2-3-10)4-6(5-8(9)12)11(13,14)15/h4-5,16H,2-3H2,1H3. The number of halogens is 4. The monoisotopic (exact) mass is 310 g/mol. The van der Waals surface area contributed by atoms with E-state index < -0.39 is 17.3 Å². The molecule has 0 radical (unpaired) electrons. The van der Waals surface area contributed by atoms with Gasteiger partial charge < -0.3 is 9.84 Å². The van der Waals surface area contributed by atoms with Gasteiger partial charge in [0.2, 0.25) is 0 Å². The predicted octanol–water partition coefficient (Wildman–Crippen LogP) is 3.46. The van der Waals surface area contributed by atoms with Gasteiger partial charge in [-0.3, -0.25) is 0 Å². The van der Waals surface area contributed by atoms with E-state index in [9.17, 15) is 18.3 Å². The van der Waals surface area contributed by atoms with Gasteiger partial charge in [-0.2, -0.15) is 13.2 Å². The van der Waals surface area contributed by atoms with E-state index in [0.717, 1.165) is 12.1 Å². The van der Waals surface area contributed by atoms with Gasteiger partial charge >= 0.3 is 6.18 Å². The molecule has 1 aliphatic rings. The van der Waals surface area contributed by atoms with Gasteiger partial charge in [-0.1, -0.05) is 0 Å². The highest BCUT2D eigenvalue weighted by Crippen LogP contribution is 2.51. The summed E-state index contributed by atoms with van der Waals surface area (Å²) in [6.07, 6.45) is -3.52. The van der Waals surface area contributed by atoms with Crippen LogP contribution in [0.5, 0.6) is 5.75 Å². The lowest BCUT2D eigenvalue weighted by molar-refractivity contribution is -0.137. The number of ether oxygens (including phenoxy) is 1. The minimum atomic E-state index is -4.44. The van der Waals surface area contributed by atoms with Crippen molar-refractivity contribution in [2.24, 2.45) is 0 Å². The van der Waals surface area contributed by atoms with E-state index >= 15 is 0 Å². The highest BCUT2D eigenvalue weighted by Gasteiger charge is 2.46. The number of hydrogen-bond donors (Lipinski definition) is 1. The van der Waals surface area contributed by atoms with Gasteiger partial charge in [0.1, 0.15) is 5.75 Å². The Labute approximate surface area is 105 Å². The lowest BCUT2D eigenvalue weighted by Crippen LogP contribution is -2.12. The molecular weight excluding hydrogens is 301 g/mol. The van der Waals surface area contributed by atoms with E-state index in [1.54, 1.807) is 0 Å². The molecule has 0 heterocycles. The van der Waals surface area contributed by atoms with Crippen LogP contribution in [0.2, 0.25) is 0 Å². The van der Waals surface area contributed by atoms with Gasteiger partial charge in [0.15, 0.2) is 0 Å². The normalized spacial score (nSPS) is 18.0. The third-order valence-corrected chi connectivity index (χ3v) is 3.39. The summed E-state index contributed by atoms with van der Waals surface area (Å²) in [5.41, 5.74) is -1.77. The van der Waals surface area contributed by atoms with Crippen molar-refractivity contribution in [1.82, 2.24) is 0 Å². The molecule has 1 aromatic rings. The van der Waals surface area contributed by atoms with Gasteiger partial charge in [-0.15, -0.1) is 0 Å². The second-order valence-electron chi connectivity index (χ2n) is 4.07. The van der Waals surface area contributed by atoms with Crippen molar-refractivity contribution in [2.45, 2.75) is 24.6 Å². The summed E-state index contributed by atoms with van der Waals surface area (Å²) >= 11 is 3.03. The lowest BCUT2D eigenvalue weighted by atomic mass is 10.0. The van der Waals surface area contributed by atoms with E-state index in [1.807, 2.05) is 0 Å². The van der Waals surface area contributed by atoms with E-state index in [0.29, 0.717) is 12.8 Å². The van der Waals surface area contributed by atoms with E-state index in [1.165, 1.54) is 7.11 Å². The van der Waals surface area contributed by atoms with E-state index in [4.69, 9.17) is 4.74 Å². The van der Waals surface area contributed by atoms with Crippen LogP contribution in [0.15, 0.2) is 16.6 Å². The molecule has 94 valence electrons. The molecule has 1 aliphatic carbocycles. The highest BCUT2D eigenvalue weighted by atomic mass is 79.9. The first-order valence-electron chi connectivity index (χ1n) is 4.95. The molecule has 0 saturated heterocycles. The summed E-state index contributed by atoms with van der Waals surface area (Å²) in [6.45, 7) is 0. The molecule has 6 heteroatoms. The van der Waals surface area contributed by atoms with Crippen molar-refractivity contribution < 1.29 is 23.0 Å². The minimum Gasteiger partial charge on any atom is -0.495 e. The molecule has 0 spiro atoms. The zero-order valence-corrected chi connectivity index (χ0v) is 10.5. The van der Waals surface area contributed by atoms with E-state index in [2.05, 4.69) is 15.9 Å². The Balaban J connectivity index is 2.59. The third-order valence-electron chi connectivity index (χ3n) is 2.80. The van der Waals surface area contributed by atoms with Gasteiger partial charge in [0.05, 0.1) is 22.7 Å². The second kappa shape index (κ2) is 3.88. The van der Waals surface area contributed by atoms with Gasteiger partial charge in [-0.05, 0) is 40.9 Å². The molecule has 1 saturated carbocycles. The fourth-order valence-electron chi connectivity index (χ4n) is 1.70. The summed E-state index contributed by atoms with van der Waals surface area (Å²) in [6, 6.07) is 1.91. The fourth-order valence-corrected chi connectivity index (χ4v) is 2.32. The maximum Gasteiger partial charge on any atom is 0.416 e. The molecule has 17 heavy (non-hydrogen) atoms. The Morgan fingerprint density at radius 1 is 1.35 bits per heavy atom. The number of benzene rings is 1. The zero-order valence-electron chi connectivity index (χ0n) is 8.94. The van der Waals surface area contributed by atoms with Crippen molar-refractivity contribution >= 4 is 15.9 Å². The summed E-state index contributed by atoms with van der Waals surface area (Å²) < 4.78 is 43.2. The van der Waals surface area contributed by atoms with Gasteiger partial charge in [-0.25, -0.2) is 0 Å². The Morgan fingerprint density at radius 2 is 1.94 bits per heavy atom. The molecule has 0 amide bonds. The van der Waals surface area contributed by atoms with Crippen molar-refractivity contribution in [1.29, 1.82) is 0 Å². The first-order valence-corrected chi connectivity index (χ1v) is 5.75. The number of rotatable bonds is 2. The number of alkyl halides is 3. The molecule has 0 bridgehead atoms. The summed E-state index contributed by atoms with van der Waals surface area (Å²) in [5, 5.41) is 9.96. The van der Waals surface area contributed by atoms with Crippen LogP contribution < -0.4 is 4.74 Å². The van der Waals surface area contributed by atoms with Crippen LogP contribution in [0, 0.1) is 0 Å². The molecule has 0 aromatic heterocycles. The maximum absolute atomic E-state index is 12.6. The van der Waals surface area contributed by atoms with Crippen molar-refractivity contribution in [3.05, 3.63) is 27.7 Å². The Bertz CT molecular complexity index is 453. The SMILES string of the molecule is COc1c(Br)cc(C(F)(F)F)cc1C1(O)CC1. The Morgan fingerprint density at radius 3 is 2.35 bits per heavy atom. The first-order chi connectivity index (χ1) is 7.78. The second-order valence-corrected chi connectivity index (χ2v) is 4.92. The predicted molar refractivity (Wildman–Crippen MR) is 58.8 cm³/mol. The van der Waals surface area contributed by atoms with Crippen molar-refractivity contribution in [3.8, 4) is 5.75 Å². The van der Waals surface area contributed by atoms with E-state index in [-0.39, 0.29) is 15.8 Å². The molecule has 2 nitrogen and oxygen atoms in total. The number of aliphatic hydroxyl groups is 1. The highest BCUT2D eigenvalue weighted by molar-refractivity contribution is 9.10. The third kappa shape index (κ3) is 2.28. The number of methoxy groups -OCH3 is 1. The van der Waals surface area contributed by atoms with Crippen LogP contribution in [0.1, 0.15) is 24.0 Å². The summed E-state index contributed by atoms with van der Waals surface area (Å²) in [7, 11) is 1.36. The summed E-state index contributed by atoms with van der Waals surface area (Å²) in [5.74, 6) is 0.262. The summed E-state index contributed by atoms with van der Waals surface area (Å²) in [4.78, 5) is 0. The van der Waals surface area contributed by atoms with Crippen molar-refractivity contribution in [2.75, 3.05) is 7.11 Å². The quantitative estimate of drug-likeness (QED) is 0.906. The Kier molecular flexibility index (Phi) is 2.90. The van der Waals surface area contributed by atoms with Crippen molar-refractivity contribution in [3.63, 3.8) is 0 Å².